The van der Waals surface area contributed by atoms with E-state index in [1.807, 2.05) is 31.2 Å². The molecule has 0 saturated carbocycles. The zero-order valence-corrected chi connectivity index (χ0v) is 11.0. The average molecular weight is 237 g/mol. The fourth-order valence-corrected chi connectivity index (χ4v) is 1.73. The lowest BCUT2D eigenvalue weighted by Gasteiger charge is -2.24. The Morgan fingerprint density at radius 1 is 1.24 bits per heavy atom. The molecule has 0 radical (unpaired) electrons. The maximum atomic E-state index is 10.4. The standard InChI is InChI=1S/C14H23NO2/c1-4-10-15-11-9-14(2,16)12-5-7-13(17-3)8-6-12/h5-8,15-16H,4,9-11H2,1-3H3. The molecule has 1 atom stereocenters. The van der Waals surface area contributed by atoms with Crippen LogP contribution < -0.4 is 10.1 Å². The van der Waals surface area contributed by atoms with E-state index in [9.17, 15) is 5.11 Å². The summed E-state index contributed by atoms with van der Waals surface area (Å²) in [5.74, 6) is 0.814. The molecule has 0 spiro atoms. The van der Waals surface area contributed by atoms with Crippen molar-refractivity contribution in [2.45, 2.75) is 32.3 Å². The first kappa shape index (κ1) is 14.0. The summed E-state index contributed by atoms with van der Waals surface area (Å²) in [6.07, 6.45) is 1.82. The Morgan fingerprint density at radius 2 is 1.88 bits per heavy atom. The molecule has 0 heterocycles. The summed E-state index contributed by atoms with van der Waals surface area (Å²) in [5.41, 5.74) is 0.143. The normalized spacial score (nSPS) is 14.4. The molecule has 1 unspecified atom stereocenters. The Balaban J connectivity index is 2.55. The molecule has 1 rings (SSSR count). The van der Waals surface area contributed by atoms with E-state index in [1.165, 1.54) is 0 Å². The molecule has 2 N–H and O–H groups in total. The van der Waals surface area contributed by atoms with Crippen molar-refractivity contribution in [3.8, 4) is 5.75 Å². The van der Waals surface area contributed by atoms with Crippen LogP contribution in [0.5, 0.6) is 5.75 Å². The molecule has 0 aromatic heterocycles. The lowest BCUT2D eigenvalue weighted by Crippen LogP contribution is -2.28. The number of hydrogen-bond donors (Lipinski definition) is 2. The second-order valence-electron chi connectivity index (χ2n) is 4.50. The molecule has 96 valence electrons. The third-order valence-corrected chi connectivity index (χ3v) is 2.93. The van der Waals surface area contributed by atoms with Crippen LogP contribution in [0.1, 0.15) is 32.3 Å². The van der Waals surface area contributed by atoms with Crippen LogP contribution in [-0.4, -0.2) is 25.3 Å². The third-order valence-electron chi connectivity index (χ3n) is 2.93. The molecular formula is C14H23NO2. The monoisotopic (exact) mass is 237 g/mol. The van der Waals surface area contributed by atoms with E-state index in [4.69, 9.17) is 4.74 Å². The number of benzene rings is 1. The fraction of sp³-hybridized carbons (Fsp3) is 0.571. The van der Waals surface area contributed by atoms with Gasteiger partial charge in [-0.05, 0) is 50.6 Å². The van der Waals surface area contributed by atoms with Crippen molar-refractivity contribution >= 4 is 0 Å². The summed E-state index contributed by atoms with van der Waals surface area (Å²) >= 11 is 0. The van der Waals surface area contributed by atoms with Crippen molar-refractivity contribution in [2.75, 3.05) is 20.2 Å². The number of methoxy groups -OCH3 is 1. The molecule has 0 saturated heterocycles. The van der Waals surface area contributed by atoms with Gasteiger partial charge in [-0.2, -0.15) is 0 Å². The van der Waals surface area contributed by atoms with Crippen LogP contribution in [0.15, 0.2) is 24.3 Å². The van der Waals surface area contributed by atoms with Crippen LogP contribution >= 0.6 is 0 Å². The molecular weight excluding hydrogens is 214 g/mol. The van der Waals surface area contributed by atoms with Crippen LogP contribution in [0.25, 0.3) is 0 Å². The summed E-state index contributed by atoms with van der Waals surface area (Å²) in [7, 11) is 1.64. The molecule has 1 aromatic rings. The summed E-state index contributed by atoms with van der Waals surface area (Å²) in [5, 5.41) is 13.7. The molecule has 0 aliphatic rings. The molecule has 0 amide bonds. The molecule has 1 aromatic carbocycles. The van der Waals surface area contributed by atoms with Crippen molar-refractivity contribution in [1.29, 1.82) is 0 Å². The molecule has 17 heavy (non-hydrogen) atoms. The van der Waals surface area contributed by atoms with Crippen molar-refractivity contribution in [2.24, 2.45) is 0 Å². The first-order chi connectivity index (χ1) is 8.10. The number of nitrogens with one attached hydrogen (secondary N) is 1. The van der Waals surface area contributed by atoms with Crippen molar-refractivity contribution in [3.63, 3.8) is 0 Å². The lowest BCUT2D eigenvalue weighted by molar-refractivity contribution is 0.0480. The van der Waals surface area contributed by atoms with E-state index in [1.54, 1.807) is 7.11 Å². The van der Waals surface area contributed by atoms with E-state index in [0.29, 0.717) is 6.42 Å². The van der Waals surface area contributed by atoms with Gasteiger partial charge in [0, 0.05) is 0 Å². The van der Waals surface area contributed by atoms with Crippen LogP contribution in [-0.2, 0) is 5.60 Å². The molecule has 0 aliphatic heterocycles. The Morgan fingerprint density at radius 3 is 2.41 bits per heavy atom. The second-order valence-corrected chi connectivity index (χ2v) is 4.50. The number of ether oxygens (including phenoxy) is 1. The van der Waals surface area contributed by atoms with Crippen LogP contribution in [0.2, 0.25) is 0 Å². The minimum absolute atomic E-state index is 0.708. The smallest absolute Gasteiger partial charge is 0.118 e. The molecule has 3 heteroatoms. The SMILES string of the molecule is CCCNCCC(C)(O)c1ccc(OC)cc1. The van der Waals surface area contributed by atoms with Crippen molar-refractivity contribution in [1.82, 2.24) is 5.32 Å². The van der Waals surface area contributed by atoms with E-state index < -0.39 is 5.60 Å². The Kier molecular flexibility index (Phi) is 5.45. The number of hydrogen-bond acceptors (Lipinski definition) is 3. The molecule has 0 aliphatic carbocycles. The van der Waals surface area contributed by atoms with Crippen molar-refractivity contribution in [3.05, 3.63) is 29.8 Å². The fourth-order valence-electron chi connectivity index (χ4n) is 1.73. The van der Waals surface area contributed by atoms with Gasteiger partial charge in [0.2, 0.25) is 0 Å². The topological polar surface area (TPSA) is 41.5 Å². The highest BCUT2D eigenvalue weighted by Gasteiger charge is 2.22. The second kappa shape index (κ2) is 6.62. The van der Waals surface area contributed by atoms with Gasteiger partial charge in [0.05, 0.1) is 12.7 Å². The van der Waals surface area contributed by atoms with Gasteiger partial charge in [-0.1, -0.05) is 19.1 Å². The largest absolute Gasteiger partial charge is 0.497 e. The third kappa shape index (κ3) is 4.36. The number of aliphatic hydroxyl groups is 1. The number of rotatable bonds is 7. The van der Waals surface area contributed by atoms with E-state index in [-0.39, 0.29) is 0 Å². The predicted molar refractivity (Wildman–Crippen MR) is 70.3 cm³/mol. The zero-order valence-electron chi connectivity index (χ0n) is 11.0. The average Bonchev–Trinajstić information content (AvgIpc) is 2.35. The maximum absolute atomic E-state index is 10.4. The van der Waals surface area contributed by atoms with Crippen LogP contribution in [0.4, 0.5) is 0 Å². The quantitative estimate of drug-likeness (QED) is 0.715. The van der Waals surface area contributed by atoms with Gasteiger partial charge in [0.25, 0.3) is 0 Å². The summed E-state index contributed by atoms with van der Waals surface area (Å²) in [6.45, 7) is 5.81. The van der Waals surface area contributed by atoms with Gasteiger partial charge in [-0.3, -0.25) is 0 Å². The molecule has 3 nitrogen and oxygen atoms in total. The lowest BCUT2D eigenvalue weighted by atomic mass is 9.92. The zero-order chi connectivity index (χ0) is 12.7. The van der Waals surface area contributed by atoms with Gasteiger partial charge in [0.15, 0.2) is 0 Å². The predicted octanol–water partition coefficient (Wildman–Crippen LogP) is 2.29. The first-order valence-electron chi connectivity index (χ1n) is 6.18. The molecule has 0 bridgehead atoms. The van der Waals surface area contributed by atoms with E-state index in [2.05, 4.69) is 12.2 Å². The summed E-state index contributed by atoms with van der Waals surface area (Å²) in [4.78, 5) is 0. The first-order valence-corrected chi connectivity index (χ1v) is 6.18. The summed E-state index contributed by atoms with van der Waals surface area (Å²) < 4.78 is 5.10. The van der Waals surface area contributed by atoms with Crippen LogP contribution in [0, 0.1) is 0 Å². The Hall–Kier alpha value is -1.06. The van der Waals surface area contributed by atoms with Crippen molar-refractivity contribution < 1.29 is 9.84 Å². The van der Waals surface area contributed by atoms with Crippen LogP contribution in [0.3, 0.4) is 0 Å². The highest BCUT2D eigenvalue weighted by Crippen LogP contribution is 2.25. The van der Waals surface area contributed by atoms with Gasteiger partial charge in [0.1, 0.15) is 5.75 Å². The Bertz CT molecular complexity index is 319. The Labute approximate surface area is 104 Å². The summed E-state index contributed by atoms with van der Waals surface area (Å²) in [6, 6.07) is 7.59. The highest BCUT2D eigenvalue weighted by molar-refractivity contribution is 5.30. The van der Waals surface area contributed by atoms with E-state index >= 15 is 0 Å². The highest BCUT2D eigenvalue weighted by atomic mass is 16.5. The van der Waals surface area contributed by atoms with Gasteiger partial charge in [-0.25, -0.2) is 0 Å². The van der Waals surface area contributed by atoms with E-state index in [0.717, 1.165) is 30.8 Å². The maximum Gasteiger partial charge on any atom is 0.118 e. The van der Waals surface area contributed by atoms with Gasteiger partial charge < -0.3 is 15.2 Å². The van der Waals surface area contributed by atoms with Gasteiger partial charge in [-0.15, -0.1) is 0 Å². The van der Waals surface area contributed by atoms with Gasteiger partial charge >= 0.3 is 0 Å². The molecule has 0 fully saturated rings. The minimum atomic E-state index is -0.785. The minimum Gasteiger partial charge on any atom is -0.497 e.